The van der Waals surface area contributed by atoms with E-state index in [1.54, 1.807) is 0 Å². The maximum atomic E-state index is 5.43. The van der Waals surface area contributed by atoms with E-state index in [1.807, 2.05) is 12.4 Å². The van der Waals surface area contributed by atoms with Crippen LogP contribution in [-0.2, 0) is 12.8 Å². The van der Waals surface area contributed by atoms with Crippen molar-refractivity contribution in [2.24, 2.45) is 5.73 Å². The first-order valence-electron chi connectivity index (χ1n) is 6.75. The average Bonchev–Trinajstić information content (AvgIpc) is 2.93. The standard InChI is InChI=1S/C15H18N4/c16-6-7-17-15-18-9-14(10-19-15)13-5-4-11-2-1-3-12(11)8-13/h4-5,8-10H,1-3,6-7,16H2,(H,17,18,19). The van der Waals surface area contributed by atoms with Crippen molar-refractivity contribution < 1.29 is 0 Å². The Balaban J connectivity index is 1.82. The first kappa shape index (κ1) is 12.1. The van der Waals surface area contributed by atoms with Crippen LogP contribution in [0.2, 0.25) is 0 Å². The smallest absolute Gasteiger partial charge is 0.222 e. The van der Waals surface area contributed by atoms with Crippen LogP contribution in [0.4, 0.5) is 5.95 Å². The second kappa shape index (κ2) is 5.36. The van der Waals surface area contributed by atoms with E-state index in [0.717, 1.165) is 5.56 Å². The average molecular weight is 254 g/mol. The molecule has 1 heterocycles. The lowest BCUT2D eigenvalue weighted by molar-refractivity contribution is 0.912. The Morgan fingerprint density at radius 2 is 1.84 bits per heavy atom. The lowest BCUT2D eigenvalue weighted by Crippen LogP contribution is -2.14. The summed E-state index contributed by atoms with van der Waals surface area (Å²) in [6.07, 6.45) is 7.41. The summed E-state index contributed by atoms with van der Waals surface area (Å²) >= 11 is 0. The van der Waals surface area contributed by atoms with Gasteiger partial charge in [-0.15, -0.1) is 0 Å². The van der Waals surface area contributed by atoms with Gasteiger partial charge in [0.05, 0.1) is 0 Å². The van der Waals surface area contributed by atoms with Crippen LogP contribution in [0.1, 0.15) is 17.5 Å². The molecule has 98 valence electrons. The van der Waals surface area contributed by atoms with E-state index in [4.69, 9.17) is 5.73 Å². The number of fused-ring (bicyclic) bond motifs is 1. The minimum atomic E-state index is 0.579. The number of rotatable bonds is 4. The second-order valence-electron chi connectivity index (χ2n) is 4.85. The van der Waals surface area contributed by atoms with Gasteiger partial charge in [-0.2, -0.15) is 0 Å². The van der Waals surface area contributed by atoms with Crippen molar-refractivity contribution in [3.63, 3.8) is 0 Å². The SMILES string of the molecule is NCCNc1ncc(-c2ccc3c(c2)CCC3)cn1. The molecule has 1 aliphatic carbocycles. The molecule has 0 bridgehead atoms. The molecule has 0 spiro atoms. The minimum Gasteiger partial charge on any atom is -0.353 e. The van der Waals surface area contributed by atoms with Crippen LogP contribution in [-0.4, -0.2) is 23.1 Å². The van der Waals surface area contributed by atoms with Crippen molar-refractivity contribution in [2.75, 3.05) is 18.4 Å². The lowest BCUT2D eigenvalue weighted by atomic mass is 10.0. The highest BCUT2D eigenvalue weighted by atomic mass is 15.1. The Morgan fingerprint density at radius 3 is 2.63 bits per heavy atom. The first-order valence-corrected chi connectivity index (χ1v) is 6.75. The summed E-state index contributed by atoms with van der Waals surface area (Å²) in [6.45, 7) is 1.27. The zero-order valence-electron chi connectivity index (χ0n) is 10.9. The van der Waals surface area contributed by atoms with E-state index in [2.05, 4.69) is 33.5 Å². The first-order chi connectivity index (χ1) is 9.36. The minimum absolute atomic E-state index is 0.579. The third-order valence-electron chi connectivity index (χ3n) is 3.51. The number of benzene rings is 1. The van der Waals surface area contributed by atoms with Crippen LogP contribution in [0.15, 0.2) is 30.6 Å². The van der Waals surface area contributed by atoms with Gasteiger partial charge in [0.25, 0.3) is 0 Å². The molecule has 1 aliphatic rings. The highest BCUT2D eigenvalue weighted by Crippen LogP contribution is 2.27. The van der Waals surface area contributed by atoms with E-state index >= 15 is 0 Å². The number of hydrogen-bond acceptors (Lipinski definition) is 4. The lowest BCUT2D eigenvalue weighted by Gasteiger charge is -2.06. The molecular weight excluding hydrogens is 236 g/mol. The molecule has 3 rings (SSSR count). The van der Waals surface area contributed by atoms with Gasteiger partial charge < -0.3 is 11.1 Å². The Bertz CT molecular complexity index is 563. The molecule has 3 N–H and O–H groups in total. The fourth-order valence-electron chi connectivity index (χ4n) is 2.50. The number of nitrogens with one attached hydrogen (secondary N) is 1. The van der Waals surface area contributed by atoms with Gasteiger partial charge in [0.15, 0.2) is 0 Å². The number of hydrogen-bond donors (Lipinski definition) is 2. The summed E-state index contributed by atoms with van der Waals surface area (Å²) in [5.74, 6) is 0.635. The van der Waals surface area contributed by atoms with Gasteiger partial charge in [-0.3, -0.25) is 0 Å². The summed E-state index contributed by atoms with van der Waals surface area (Å²) in [5, 5.41) is 3.07. The van der Waals surface area contributed by atoms with Gasteiger partial charge >= 0.3 is 0 Å². The normalized spacial score (nSPS) is 13.3. The summed E-state index contributed by atoms with van der Waals surface area (Å²) in [4.78, 5) is 8.62. The van der Waals surface area contributed by atoms with E-state index < -0.39 is 0 Å². The van der Waals surface area contributed by atoms with Crippen LogP contribution >= 0.6 is 0 Å². The van der Waals surface area contributed by atoms with Crippen LogP contribution in [0.25, 0.3) is 11.1 Å². The highest BCUT2D eigenvalue weighted by Gasteiger charge is 2.11. The molecule has 0 amide bonds. The monoisotopic (exact) mass is 254 g/mol. The molecule has 0 aliphatic heterocycles. The predicted octanol–water partition coefficient (Wildman–Crippen LogP) is 2.00. The van der Waals surface area contributed by atoms with Crippen molar-refractivity contribution >= 4 is 5.95 Å². The Morgan fingerprint density at radius 1 is 1.05 bits per heavy atom. The molecular formula is C15H18N4. The molecule has 4 heteroatoms. The zero-order chi connectivity index (χ0) is 13.1. The van der Waals surface area contributed by atoms with Gasteiger partial charge in [0, 0.05) is 31.0 Å². The number of aromatic nitrogens is 2. The summed E-state index contributed by atoms with van der Waals surface area (Å²) in [5.41, 5.74) is 10.7. The molecule has 2 aromatic rings. The van der Waals surface area contributed by atoms with Crippen molar-refractivity contribution in [1.29, 1.82) is 0 Å². The molecule has 0 fully saturated rings. The van der Waals surface area contributed by atoms with Gasteiger partial charge in [0.1, 0.15) is 0 Å². The summed E-state index contributed by atoms with van der Waals surface area (Å²) in [7, 11) is 0. The van der Waals surface area contributed by atoms with Crippen LogP contribution in [0, 0.1) is 0 Å². The molecule has 0 unspecified atom stereocenters. The van der Waals surface area contributed by atoms with E-state index in [0.29, 0.717) is 19.0 Å². The van der Waals surface area contributed by atoms with Crippen LogP contribution in [0.5, 0.6) is 0 Å². The van der Waals surface area contributed by atoms with E-state index in [1.165, 1.54) is 36.0 Å². The molecule has 0 atom stereocenters. The number of nitrogens with zero attached hydrogens (tertiary/aromatic N) is 2. The summed E-state index contributed by atoms with van der Waals surface area (Å²) < 4.78 is 0. The van der Waals surface area contributed by atoms with Gasteiger partial charge in [-0.1, -0.05) is 18.2 Å². The fraction of sp³-hybridized carbons (Fsp3) is 0.333. The number of aryl methyl sites for hydroxylation is 2. The molecule has 19 heavy (non-hydrogen) atoms. The predicted molar refractivity (Wildman–Crippen MR) is 77.0 cm³/mol. The number of nitrogens with two attached hydrogens (primary N) is 1. The molecule has 0 radical (unpaired) electrons. The van der Waals surface area contributed by atoms with Gasteiger partial charge in [-0.25, -0.2) is 9.97 Å². The Labute approximate surface area is 113 Å². The third kappa shape index (κ3) is 2.58. The molecule has 4 nitrogen and oxygen atoms in total. The molecule has 1 aromatic carbocycles. The van der Waals surface area contributed by atoms with Crippen LogP contribution < -0.4 is 11.1 Å². The van der Waals surface area contributed by atoms with E-state index in [-0.39, 0.29) is 0 Å². The maximum Gasteiger partial charge on any atom is 0.222 e. The quantitative estimate of drug-likeness (QED) is 0.876. The van der Waals surface area contributed by atoms with Crippen molar-refractivity contribution in [3.8, 4) is 11.1 Å². The third-order valence-corrected chi connectivity index (χ3v) is 3.51. The van der Waals surface area contributed by atoms with Crippen molar-refractivity contribution in [2.45, 2.75) is 19.3 Å². The number of anilines is 1. The van der Waals surface area contributed by atoms with Crippen molar-refractivity contribution in [3.05, 3.63) is 41.7 Å². The Hall–Kier alpha value is -1.94. The van der Waals surface area contributed by atoms with Crippen LogP contribution in [0.3, 0.4) is 0 Å². The van der Waals surface area contributed by atoms with Gasteiger partial charge in [-0.05, 0) is 36.0 Å². The Kier molecular flexibility index (Phi) is 3.42. The summed E-state index contributed by atoms with van der Waals surface area (Å²) in [6, 6.07) is 6.67. The van der Waals surface area contributed by atoms with Crippen molar-refractivity contribution in [1.82, 2.24) is 9.97 Å². The second-order valence-corrected chi connectivity index (χ2v) is 4.85. The molecule has 0 saturated carbocycles. The highest BCUT2D eigenvalue weighted by molar-refractivity contribution is 5.64. The largest absolute Gasteiger partial charge is 0.353 e. The van der Waals surface area contributed by atoms with E-state index in [9.17, 15) is 0 Å². The zero-order valence-corrected chi connectivity index (χ0v) is 10.9. The fourth-order valence-corrected chi connectivity index (χ4v) is 2.50. The molecule has 1 aromatic heterocycles. The maximum absolute atomic E-state index is 5.43. The van der Waals surface area contributed by atoms with Gasteiger partial charge in [0.2, 0.25) is 5.95 Å². The molecule has 0 saturated heterocycles. The topological polar surface area (TPSA) is 63.8 Å².